The highest BCUT2D eigenvalue weighted by molar-refractivity contribution is 7.15. The Balaban J connectivity index is 2.95. The molecule has 1 aromatic heterocycles. The van der Waals surface area contributed by atoms with Gasteiger partial charge in [0.05, 0.1) is 5.69 Å². The smallest absolute Gasteiger partial charge is 0.185 e. The first-order valence-corrected chi connectivity index (χ1v) is 7.91. The van der Waals surface area contributed by atoms with Crippen molar-refractivity contribution in [3.63, 3.8) is 0 Å². The molecule has 19 heavy (non-hydrogen) atoms. The first-order valence-electron chi connectivity index (χ1n) is 7.09. The number of aromatic nitrogens is 1. The van der Waals surface area contributed by atoms with E-state index < -0.39 is 0 Å². The Morgan fingerprint density at radius 1 is 1.21 bits per heavy atom. The average molecular weight is 283 g/mol. The molecule has 0 aliphatic rings. The summed E-state index contributed by atoms with van der Waals surface area (Å²) in [4.78, 5) is 8.45. The third kappa shape index (κ3) is 4.77. The zero-order chi connectivity index (χ0) is 14.8. The fourth-order valence-corrected chi connectivity index (χ4v) is 2.90. The van der Waals surface area contributed by atoms with E-state index in [0.717, 1.165) is 11.7 Å². The third-order valence-corrected chi connectivity index (χ3v) is 4.28. The molecule has 0 bridgehead atoms. The SMILES string of the molecule is CC(C)c1nc(N(C)C(C)C)sc1CNC(C)(C)C. The molecule has 110 valence electrons. The molecule has 1 N–H and O–H groups in total. The van der Waals surface area contributed by atoms with Crippen molar-refractivity contribution in [2.24, 2.45) is 0 Å². The van der Waals surface area contributed by atoms with E-state index in [9.17, 15) is 0 Å². The number of anilines is 1. The summed E-state index contributed by atoms with van der Waals surface area (Å²) in [6.45, 7) is 16.3. The molecule has 0 saturated heterocycles. The maximum atomic E-state index is 4.84. The molecule has 3 nitrogen and oxygen atoms in total. The number of hydrogen-bond acceptors (Lipinski definition) is 4. The zero-order valence-electron chi connectivity index (χ0n) is 13.7. The maximum Gasteiger partial charge on any atom is 0.185 e. The van der Waals surface area contributed by atoms with Crippen molar-refractivity contribution in [2.45, 2.75) is 72.5 Å². The molecule has 1 rings (SSSR count). The van der Waals surface area contributed by atoms with Crippen LogP contribution in [0.15, 0.2) is 0 Å². The average Bonchev–Trinajstić information content (AvgIpc) is 2.68. The van der Waals surface area contributed by atoms with Gasteiger partial charge < -0.3 is 10.2 Å². The fourth-order valence-electron chi connectivity index (χ4n) is 1.65. The Kier molecular flexibility index (Phi) is 5.39. The van der Waals surface area contributed by atoms with E-state index in [0.29, 0.717) is 12.0 Å². The van der Waals surface area contributed by atoms with Gasteiger partial charge in [-0.05, 0) is 40.5 Å². The van der Waals surface area contributed by atoms with Crippen LogP contribution in [0.25, 0.3) is 0 Å². The molecule has 0 radical (unpaired) electrons. The fraction of sp³-hybridized carbons (Fsp3) is 0.800. The zero-order valence-corrected chi connectivity index (χ0v) is 14.5. The molecule has 0 aromatic carbocycles. The first-order chi connectivity index (χ1) is 8.61. The summed E-state index contributed by atoms with van der Waals surface area (Å²) < 4.78 is 0. The quantitative estimate of drug-likeness (QED) is 0.885. The van der Waals surface area contributed by atoms with Crippen LogP contribution in [0.1, 0.15) is 65.0 Å². The Bertz CT molecular complexity index is 402. The van der Waals surface area contributed by atoms with Crippen LogP contribution in [-0.4, -0.2) is 23.6 Å². The maximum absolute atomic E-state index is 4.84. The summed E-state index contributed by atoms with van der Waals surface area (Å²) in [5.74, 6) is 0.474. The molecule has 0 aliphatic heterocycles. The molecule has 1 heterocycles. The molecule has 0 atom stereocenters. The van der Waals surface area contributed by atoms with Crippen molar-refractivity contribution in [1.29, 1.82) is 0 Å². The monoisotopic (exact) mass is 283 g/mol. The van der Waals surface area contributed by atoms with Crippen LogP contribution in [-0.2, 0) is 6.54 Å². The number of nitrogens with one attached hydrogen (secondary N) is 1. The minimum Gasteiger partial charge on any atom is -0.349 e. The number of hydrogen-bond donors (Lipinski definition) is 1. The normalized spacial score (nSPS) is 12.5. The van der Waals surface area contributed by atoms with Crippen molar-refractivity contribution in [1.82, 2.24) is 10.3 Å². The van der Waals surface area contributed by atoms with Gasteiger partial charge in [0.1, 0.15) is 0 Å². The van der Waals surface area contributed by atoms with Crippen LogP contribution >= 0.6 is 11.3 Å². The second-order valence-electron chi connectivity index (χ2n) is 6.77. The van der Waals surface area contributed by atoms with Crippen LogP contribution in [0.5, 0.6) is 0 Å². The molecule has 0 spiro atoms. The summed E-state index contributed by atoms with van der Waals surface area (Å²) in [5.41, 5.74) is 1.38. The van der Waals surface area contributed by atoms with Gasteiger partial charge in [-0.15, -0.1) is 11.3 Å². The highest BCUT2D eigenvalue weighted by Crippen LogP contribution is 2.31. The van der Waals surface area contributed by atoms with Crippen molar-refractivity contribution < 1.29 is 0 Å². The van der Waals surface area contributed by atoms with E-state index in [1.165, 1.54) is 10.6 Å². The van der Waals surface area contributed by atoms with Gasteiger partial charge in [-0.3, -0.25) is 0 Å². The Hall–Kier alpha value is -0.610. The summed E-state index contributed by atoms with van der Waals surface area (Å²) in [6, 6.07) is 0.481. The molecular formula is C15H29N3S. The highest BCUT2D eigenvalue weighted by atomic mass is 32.1. The largest absolute Gasteiger partial charge is 0.349 e. The lowest BCUT2D eigenvalue weighted by atomic mass is 10.1. The van der Waals surface area contributed by atoms with E-state index in [2.05, 4.69) is 65.7 Å². The Labute approximate surface area is 122 Å². The van der Waals surface area contributed by atoms with Crippen molar-refractivity contribution >= 4 is 16.5 Å². The Morgan fingerprint density at radius 3 is 2.21 bits per heavy atom. The van der Waals surface area contributed by atoms with Crippen LogP contribution in [0.3, 0.4) is 0 Å². The second kappa shape index (κ2) is 6.23. The molecular weight excluding hydrogens is 254 g/mol. The predicted octanol–water partition coefficient (Wildman–Crippen LogP) is 4.00. The van der Waals surface area contributed by atoms with Crippen LogP contribution in [0.4, 0.5) is 5.13 Å². The van der Waals surface area contributed by atoms with E-state index in [-0.39, 0.29) is 5.54 Å². The summed E-state index contributed by atoms with van der Waals surface area (Å²) in [6.07, 6.45) is 0. The van der Waals surface area contributed by atoms with Gasteiger partial charge in [0, 0.05) is 30.1 Å². The number of nitrogens with zero attached hydrogens (tertiary/aromatic N) is 2. The minimum atomic E-state index is 0.141. The lowest BCUT2D eigenvalue weighted by molar-refractivity contribution is 0.425. The van der Waals surface area contributed by atoms with Crippen LogP contribution < -0.4 is 10.2 Å². The number of rotatable bonds is 5. The highest BCUT2D eigenvalue weighted by Gasteiger charge is 2.19. The lowest BCUT2D eigenvalue weighted by Crippen LogP contribution is -2.35. The van der Waals surface area contributed by atoms with Crippen LogP contribution in [0, 0.1) is 0 Å². The standard InChI is InChI=1S/C15H29N3S/c1-10(2)13-12(9-16-15(5,6)7)19-14(17-13)18(8)11(3)4/h10-11,16H,9H2,1-8H3. The molecule has 0 fully saturated rings. The predicted molar refractivity (Wildman–Crippen MR) is 86.3 cm³/mol. The van der Waals surface area contributed by atoms with E-state index >= 15 is 0 Å². The molecule has 4 heteroatoms. The van der Waals surface area contributed by atoms with E-state index in [1.54, 1.807) is 0 Å². The topological polar surface area (TPSA) is 28.2 Å². The Morgan fingerprint density at radius 2 is 1.79 bits per heavy atom. The van der Waals surface area contributed by atoms with Gasteiger partial charge in [-0.25, -0.2) is 4.98 Å². The van der Waals surface area contributed by atoms with E-state index in [1.807, 2.05) is 11.3 Å². The van der Waals surface area contributed by atoms with Gasteiger partial charge in [-0.1, -0.05) is 13.8 Å². The molecule has 0 unspecified atom stereocenters. The molecule has 0 saturated carbocycles. The van der Waals surface area contributed by atoms with Gasteiger partial charge >= 0.3 is 0 Å². The lowest BCUT2D eigenvalue weighted by Gasteiger charge is -2.20. The summed E-state index contributed by atoms with van der Waals surface area (Å²) >= 11 is 1.82. The first kappa shape index (κ1) is 16.4. The van der Waals surface area contributed by atoms with Crippen molar-refractivity contribution in [3.8, 4) is 0 Å². The van der Waals surface area contributed by atoms with Crippen LogP contribution in [0.2, 0.25) is 0 Å². The van der Waals surface area contributed by atoms with Crippen molar-refractivity contribution in [2.75, 3.05) is 11.9 Å². The number of thiazole rings is 1. The van der Waals surface area contributed by atoms with Gasteiger partial charge in [-0.2, -0.15) is 0 Å². The molecule has 0 amide bonds. The van der Waals surface area contributed by atoms with Gasteiger partial charge in [0.2, 0.25) is 0 Å². The van der Waals surface area contributed by atoms with Crippen molar-refractivity contribution in [3.05, 3.63) is 10.6 Å². The van der Waals surface area contributed by atoms with Gasteiger partial charge in [0.15, 0.2) is 5.13 Å². The molecule has 1 aromatic rings. The minimum absolute atomic E-state index is 0.141. The summed E-state index contributed by atoms with van der Waals surface area (Å²) in [7, 11) is 2.12. The summed E-state index contributed by atoms with van der Waals surface area (Å²) in [5, 5.41) is 4.70. The van der Waals surface area contributed by atoms with E-state index in [4.69, 9.17) is 4.98 Å². The van der Waals surface area contributed by atoms with Gasteiger partial charge in [0.25, 0.3) is 0 Å². The third-order valence-electron chi connectivity index (χ3n) is 3.12. The second-order valence-corrected chi connectivity index (χ2v) is 7.83. The molecule has 0 aliphatic carbocycles.